The summed E-state index contributed by atoms with van der Waals surface area (Å²) < 4.78 is 4.18. The van der Waals surface area contributed by atoms with Crippen LogP contribution in [-0.2, 0) is 27.7 Å². The minimum Gasteiger partial charge on any atom is -1.00 e. The van der Waals surface area contributed by atoms with Gasteiger partial charge in [-0.25, -0.2) is 0 Å². The molecule has 7 rings (SSSR count). The Balaban J connectivity index is 0.00000184. The van der Waals surface area contributed by atoms with Gasteiger partial charge in [0.05, 0.1) is 0 Å². The molecular weight excluding hydrogens is 643 g/mol. The van der Waals surface area contributed by atoms with E-state index in [9.17, 15) is 0 Å². The van der Waals surface area contributed by atoms with Crippen LogP contribution in [0.5, 0.6) is 0 Å². The molecule has 0 radical (unpaired) electrons. The third-order valence-corrected chi connectivity index (χ3v) is 24.7. The molecule has 0 amide bonds. The zero-order valence-electron chi connectivity index (χ0n) is 27.9. The summed E-state index contributed by atoms with van der Waals surface area (Å²) in [5.74, 6) is 0.591. The van der Waals surface area contributed by atoms with Crippen molar-refractivity contribution in [2.45, 2.75) is 116 Å². The van der Waals surface area contributed by atoms with Crippen LogP contribution in [0, 0.1) is 27.6 Å². The summed E-state index contributed by atoms with van der Waals surface area (Å²) in [6, 6.07) is 9.46. The van der Waals surface area contributed by atoms with Gasteiger partial charge in [-0.2, -0.15) is 0 Å². The van der Waals surface area contributed by atoms with E-state index in [2.05, 4.69) is 113 Å². The molecule has 1 aromatic rings. The Kier molecular flexibility index (Phi) is 8.75. The molecule has 0 N–H and O–H groups in total. The van der Waals surface area contributed by atoms with Crippen LogP contribution in [0.2, 0.25) is 3.12 Å². The predicted octanol–water partition coefficient (Wildman–Crippen LogP) is 5.16. The molecule has 0 aliphatic heterocycles. The Labute approximate surface area is 282 Å². The number of halogens is 2. The Morgan fingerprint density at radius 1 is 0.791 bits per heavy atom. The maximum Gasteiger partial charge on any atom is -1.00 e. The van der Waals surface area contributed by atoms with E-state index in [-0.39, 0.29) is 49.6 Å². The van der Waals surface area contributed by atoms with Gasteiger partial charge >= 0.3 is 260 Å². The maximum atomic E-state index is 2.87. The topological polar surface area (TPSA) is 0 Å². The minimum absolute atomic E-state index is 0. The van der Waals surface area contributed by atoms with Crippen LogP contribution in [-0.4, -0.2) is 3.21 Å². The van der Waals surface area contributed by atoms with Gasteiger partial charge in [-0.15, -0.1) is 0 Å². The molecule has 43 heavy (non-hydrogen) atoms. The van der Waals surface area contributed by atoms with Crippen molar-refractivity contribution in [3.05, 3.63) is 85.8 Å². The maximum absolute atomic E-state index is 2.87. The van der Waals surface area contributed by atoms with Crippen molar-refractivity contribution < 1.29 is 46.1 Å². The fraction of sp³-hybridized carbons (Fsp3) is 0.575. The number of hydrogen-bond acceptors (Lipinski definition) is 0. The number of benzene rings is 1. The number of hydrogen-bond donors (Lipinski definition) is 0. The van der Waals surface area contributed by atoms with Crippen molar-refractivity contribution in [1.29, 1.82) is 0 Å². The van der Waals surface area contributed by atoms with Gasteiger partial charge in [0.2, 0.25) is 0 Å². The first-order valence-electron chi connectivity index (χ1n) is 16.7. The summed E-state index contributed by atoms with van der Waals surface area (Å²) in [5.41, 5.74) is 10.8. The summed E-state index contributed by atoms with van der Waals surface area (Å²) in [5, 5.41) is 0. The van der Waals surface area contributed by atoms with Gasteiger partial charge in [-0.3, -0.25) is 0 Å². The van der Waals surface area contributed by atoms with Gasteiger partial charge in [-0.05, 0) is 0 Å². The first-order valence-corrected chi connectivity index (χ1v) is 20.4. The molecule has 0 saturated heterocycles. The van der Waals surface area contributed by atoms with Gasteiger partial charge < -0.3 is 24.8 Å². The minimum atomic E-state index is -2.41. The van der Waals surface area contributed by atoms with E-state index in [1.165, 1.54) is 51.4 Å². The summed E-state index contributed by atoms with van der Waals surface area (Å²) >= 11 is -2.41. The molecular formula is C40H52Cl2Zr. The van der Waals surface area contributed by atoms with E-state index in [4.69, 9.17) is 0 Å². The Hall–Kier alpha value is -0.747. The molecule has 1 aromatic carbocycles. The van der Waals surface area contributed by atoms with Gasteiger partial charge in [0.1, 0.15) is 0 Å². The Morgan fingerprint density at radius 3 is 2.16 bits per heavy atom. The van der Waals surface area contributed by atoms with Crippen molar-refractivity contribution >= 4 is 8.78 Å². The second-order valence-electron chi connectivity index (χ2n) is 16.1. The molecule has 2 fully saturated rings. The summed E-state index contributed by atoms with van der Waals surface area (Å²) in [4.78, 5) is 0. The first kappa shape index (κ1) is 33.6. The molecule has 0 spiro atoms. The summed E-state index contributed by atoms with van der Waals surface area (Å²) in [6.45, 7) is 21.9. The smallest absolute Gasteiger partial charge is 1.00 e. The predicted molar refractivity (Wildman–Crippen MR) is 174 cm³/mol. The number of fused-ring (bicyclic) bond motifs is 6. The third kappa shape index (κ3) is 4.12. The van der Waals surface area contributed by atoms with Gasteiger partial charge in [0.25, 0.3) is 0 Å². The van der Waals surface area contributed by atoms with Gasteiger partial charge in [0.15, 0.2) is 0 Å². The standard InChI is InChI=1S/C29H37.C6H10.C5H5.2ClH.Zr/c1-18-25-22-17-19-13-9-10-14-20(19)24(22)21-15-11-12-16-23(21)29(25,8)28(6,7)27(4,5)26(18,2)3;1-2-4-6-5-3-1;1-2-4-5-3-1;;;/h9-11,13-15,23H,12,16-17H2,1-8H3;1-5H2;1-3H,4H2;2*1H;/q;;;;;+2/p-2. The van der Waals surface area contributed by atoms with Crippen LogP contribution in [0.15, 0.2) is 74.6 Å². The first-order chi connectivity index (χ1) is 19.4. The second-order valence-corrected chi connectivity index (χ2v) is 23.7. The van der Waals surface area contributed by atoms with Crippen molar-refractivity contribution in [3.63, 3.8) is 0 Å². The third-order valence-electron chi connectivity index (χ3n) is 14.6. The van der Waals surface area contributed by atoms with Crippen LogP contribution in [0.25, 0.3) is 5.57 Å². The van der Waals surface area contributed by atoms with Crippen LogP contribution >= 0.6 is 0 Å². The Morgan fingerprint density at radius 2 is 1.49 bits per heavy atom. The van der Waals surface area contributed by atoms with E-state index >= 15 is 0 Å². The van der Waals surface area contributed by atoms with Crippen molar-refractivity contribution in [1.82, 2.24) is 0 Å². The summed E-state index contributed by atoms with van der Waals surface area (Å²) in [6.07, 6.45) is 24.5. The van der Waals surface area contributed by atoms with E-state index in [0.29, 0.717) is 5.92 Å². The normalized spacial score (nSPS) is 32.4. The molecule has 6 aliphatic carbocycles. The molecule has 0 bridgehead atoms. The van der Waals surface area contributed by atoms with E-state index in [1.54, 1.807) is 27.8 Å². The molecule has 0 nitrogen and oxygen atoms in total. The van der Waals surface area contributed by atoms with Crippen LogP contribution in [0.3, 0.4) is 0 Å². The van der Waals surface area contributed by atoms with Gasteiger partial charge in [0, 0.05) is 0 Å². The van der Waals surface area contributed by atoms with E-state index < -0.39 is 21.3 Å². The molecule has 3 unspecified atom stereocenters. The monoisotopic (exact) mass is 692 g/mol. The zero-order valence-corrected chi connectivity index (χ0v) is 31.9. The quantitative estimate of drug-likeness (QED) is 0.402. The average molecular weight is 695 g/mol. The fourth-order valence-electron chi connectivity index (χ4n) is 11.1. The fourth-order valence-corrected chi connectivity index (χ4v) is 23.0. The molecule has 3 atom stereocenters. The van der Waals surface area contributed by atoms with Crippen LogP contribution in [0.1, 0.15) is 118 Å². The molecule has 3 heteroatoms. The summed E-state index contributed by atoms with van der Waals surface area (Å²) in [7, 11) is 0. The second kappa shape index (κ2) is 11.2. The number of allylic oxidation sites excluding steroid dienone is 10. The van der Waals surface area contributed by atoms with Crippen molar-refractivity contribution in [2.75, 3.05) is 0 Å². The molecule has 230 valence electrons. The molecule has 6 aliphatic rings. The molecule has 2 saturated carbocycles. The van der Waals surface area contributed by atoms with Gasteiger partial charge in [-0.1, -0.05) is 0 Å². The average Bonchev–Trinajstić information content (AvgIpc) is 3.61. The molecule has 0 aromatic heterocycles. The largest absolute Gasteiger partial charge is 1.00 e. The van der Waals surface area contributed by atoms with Crippen LogP contribution in [0.4, 0.5) is 0 Å². The SMILES string of the molecule is CC12C(=C3Cc4ccccc4C3=C3C=CCCC31)[C](C)([Zr+2]([C]1=CC=CC1)=[C]1CCCCC1)C(C)(C)C(C)(C)C2(C)C.[Cl-].[Cl-]. The zero-order chi connectivity index (χ0) is 29.0. The van der Waals surface area contributed by atoms with E-state index in [1.807, 2.05) is 8.85 Å². The van der Waals surface area contributed by atoms with E-state index in [0.717, 1.165) is 6.42 Å². The molecule has 0 heterocycles. The van der Waals surface area contributed by atoms with Crippen molar-refractivity contribution in [2.24, 2.45) is 27.6 Å². The number of rotatable bonds is 2. The van der Waals surface area contributed by atoms with Crippen LogP contribution < -0.4 is 24.8 Å². The Bertz CT molecular complexity index is 1510. The van der Waals surface area contributed by atoms with Crippen molar-refractivity contribution in [3.8, 4) is 0 Å².